The van der Waals surface area contributed by atoms with Crippen molar-refractivity contribution < 1.29 is 5.11 Å². The molecule has 120 valence electrons. The van der Waals surface area contributed by atoms with Gasteiger partial charge in [-0.3, -0.25) is 0 Å². The first-order chi connectivity index (χ1) is 10.3. The molecule has 0 bridgehead atoms. The first-order valence-corrected chi connectivity index (χ1v) is 8.27. The van der Waals surface area contributed by atoms with Crippen LogP contribution in [-0.2, 0) is 6.54 Å². The quantitative estimate of drug-likeness (QED) is 0.842. The summed E-state index contributed by atoms with van der Waals surface area (Å²) in [7, 11) is 3.03. The standard InChI is InChI=1S/C17H28N2.CH4O/c1-4-6-8-14-11-12-19(5-2)17-15(13-18-3)9-7-10-16(14)17;1-2/h7,9-10,14,18H,4-6,8,11-13H2,1-3H3;2H,1H3. The Balaban J connectivity index is 0.00000106. The van der Waals surface area contributed by atoms with Gasteiger partial charge in [-0.1, -0.05) is 38.0 Å². The summed E-state index contributed by atoms with van der Waals surface area (Å²) >= 11 is 0. The molecule has 1 aromatic rings. The zero-order chi connectivity index (χ0) is 15.7. The maximum atomic E-state index is 7.00. The van der Waals surface area contributed by atoms with Gasteiger partial charge in [-0.15, -0.1) is 0 Å². The van der Waals surface area contributed by atoms with E-state index in [1.54, 1.807) is 5.56 Å². The van der Waals surface area contributed by atoms with Crippen LogP contribution in [0.15, 0.2) is 18.2 Å². The molecule has 0 aromatic heterocycles. The van der Waals surface area contributed by atoms with Crippen LogP contribution in [0.5, 0.6) is 0 Å². The second kappa shape index (κ2) is 9.80. The summed E-state index contributed by atoms with van der Waals surface area (Å²) in [5.41, 5.74) is 4.57. The fourth-order valence-corrected chi connectivity index (χ4v) is 3.30. The molecular formula is C18H32N2O. The molecule has 2 N–H and O–H groups in total. The van der Waals surface area contributed by atoms with E-state index in [2.05, 4.69) is 42.3 Å². The summed E-state index contributed by atoms with van der Waals surface area (Å²) in [5, 5.41) is 10.3. The van der Waals surface area contributed by atoms with Crippen LogP contribution in [0, 0.1) is 0 Å². The van der Waals surface area contributed by atoms with Gasteiger partial charge >= 0.3 is 0 Å². The fraction of sp³-hybridized carbons (Fsp3) is 0.667. The highest BCUT2D eigenvalue weighted by atomic mass is 16.2. The topological polar surface area (TPSA) is 35.5 Å². The molecule has 0 saturated carbocycles. The first kappa shape index (κ1) is 18.0. The summed E-state index contributed by atoms with van der Waals surface area (Å²) in [4.78, 5) is 2.56. The van der Waals surface area contributed by atoms with Gasteiger partial charge in [0.1, 0.15) is 0 Å². The molecule has 1 aromatic carbocycles. The molecule has 1 aliphatic heterocycles. The van der Waals surface area contributed by atoms with Gasteiger partial charge in [-0.2, -0.15) is 0 Å². The van der Waals surface area contributed by atoms with Crippen LogP contribution in [0.2, 0.25) is 0 Å². The molecule has 1 heterocycles. The number of aliphatic hydroxyl groups is 1. The average molecular weight is 292 g/mol. The van der Waals surface area contributed by atoms with Crippen LogP contribution >= 0.6 is 0 Å². The third-order valence-corrected chi connectivity index (χ3v) is 4.31. The minimum absolute atomic E-state index is 0.773. The van der Waals surface area contributed by atoms with Gasteiger partial charge in [0.15, 0.2) is 0 Å². The van der Waals surface area contributed by atoms with Gasteiger partial charge in [0.25, 0.3) is 0 Å². The van der Waals surface area contributed by atoms with Crippen molar-refractivity contribution in [2.75, 3.05) is 32.1 Å². The molecule has 0 amide bonds. The number of hydrogen-bond acceptors (Lipinski definition) is 3. The van der Waals surface area contributed by atoms with Crippen LogP contribution in [0.4, 0.5) is 5.69 Å². The summed E-state index contributed by atoms with van der Waals surface area (Å²) in [6.45, 7) is 7.87. The number of aliphatic hydroxyl groups excluding tert-OH is 1. The number of anilines is 1. The Labute approximate surface area is 130 Å². The zero-order valence-electron chi connectivity index (χ0n) is 14.2. The van der Waals surface area contributed by atoms with E-state index >= 15 is 0 Å². The summed E-state index contributed by atoms with van der Waals surface area (Å²) < 4.78 is 0. The Morgan fingerprint density at radius 3 is 2.67 bits per heavy atom. The normalized spacial score (nSPS) is 17.0. The molecule has 3 heteroatoms. The van der Waals surface area contributed by atoms with Crippen molar-refractivity contribution in [2.24, 2.45) is 0 Å². The molecule has 1 atom stereocenters. The van der Waals surface area contributed by atoms with Gasteiger partial charge in [0, 0.05) is 32.4 Å². The van der Waals surface area contributed by atoms with Crippen molar-refractivity contribution in [3.63, 3.8) is 0 Å². The Hall–Kier alpha value is -1.06. The zero-order valence-corrected chi connectivity index (χ0v) is 14.2. The van der Waals surface area contributed by atoms with E-state index in [1.165, 1.54) is 43.5 Å². The van der Waals surface area contributed by atoms with E-state index in [-0.39, 0.29) is 0 Å². The van der Waals surface area contributed by atoms with E-state index in [4.69, 9.17) is 5.11 Å². The summed E-state index contributed by atoms with van der Waals surface area (Å²) in [6.07, 6.45) is 5.33. The highest BCUT2D eigenvalue weighted by Gasteiger charge is 2.25. The lowest BCUT2D eigenvalue weighted by Gasteiger charge is -2.37. The predicted octanol–water partition coefficient (Wildman–Crippen LogP) is 3.52. The lowest BCUT2D eigenvalue weighted by Crippen LogP contribution is -2.32. The van der Waals surface area contributed by atoms with E-state index < -0.39 is 0 Å². The molecule has 0 radical (unpaired) electrons. The average Bonchev–Trinajstić information content (AvgIpc) is 2.55. The molecule has 21 heavy (non-hydrogen) atoms. The molecule has 0 saturated heterocycles. The third-order valence-electron chi connectivity index (χ3n) is 4.31. The number of para-hydroxylation sites is 1. The summed E-state index contributed by atoms with van der Waals surface area (Å²) in [6, 6.07) is 6.88. The number of rotatable bonds is 6. The first-order valence-electron chi connectivity index (χ1n) is 8.27. The second-order valence-electron chi connectivity index (χ2n) is 5.59. The Kier molecular flexibility index (Phi) is 8.40. The Morgan fingerprint density at radius 2 is 2.05 bits per heavy atom. The van der Waals surface area contributed by atoms with Gasteiger partial charge < -0.3 is 15.3 Å². The SMILES string of the molecule is CCCCC1CCN(CC)c2c(CNC)cccc21.CO. The number of unbranched alkanes of at least 4 members (excludes halogenated alkanes) is 1. The highest BCUT2D eigenvalue weighted by molar-refractivity contribution is 5.62. The van der Waals surface area contributed by atoms with E-state index in [0.717, 1.165) is 26.1 Å². The second-order valence-corrected chi connectivity index (χ2v) is 5.59. The van der Waals surface area contributed by atoms with Gasteiger partial charge in [-0.25, -0.2) is 0 Å². The van der Waals surface area contributed by atoms with Crippen LogP contribution in [0.3, 0.4) is 0 Å². The highest BCUT2D eigenvalue weighted by Crippen LogP contribution is 2.40. The van der Waals surface area contributed by atoms with Crippen molar-refractivity contribution in [1.29, 1.82) is 0 Å². The predicted molar refractivity (Wildman–Crippen MR) is 92.1 cm³/mol. The molecule has 2 rings (SSSR count). The van der Waals surface area contributed by atoms with Crippen LogP contribution < -0.4 is 10.2 Å². The molecule has 0 spiro atoms. The molecular weight excluding hydrogens is 260 g/mol. The smallest absolute Gasteiger partial charge is 0.0447 e. The van der Waals surface area contributed by atoms with Crippen LogP contribution in [0.1, 0.15) is 56.6 Å². The molecule has 0 fully saturated rings. The number of hydrogen-bond donors (Lipinski definition) is 2. The number of fused-ring (bicyclic) bond motifs is 1. The van der Waals surface area contributed by atoms with E-state index in [1.807, 2.05) is 7.05 Å². The van der Waals surface area contributed by atoms with E-state index in [9.17, 15) is 0 Å². The molecule has 1 aliphatic rings. The largest absolute Gasteiger partial charge is 0.400 e. The number of nitrogens with zero attached hydrogens (tertiary/aromatic N) is 1. The van der Waals surface area contributed by atoms with Gasteiger partial charge in [-0.05, 0) is 43.9 Å². The number of benzene rings is 1. The van der Waals surface area contributed by atoms with Crippen molar-refractivity contribution in [1.82, 2.24) is 5.32 Å². The Morgan fingerprint density at radius 1 is 1.29 bits per heavy atom. The number of nitrogens with one attached hydrogen (secondary N) is 1. The van der Waals surface area contributed by atoms with Crippen LogP contribution in [-0.4, -0.2) is 32.4 Å². The minimum Gasteiger partial charge on any atom is -0.400 e. The fourth-order valence-electron chi connectivity index (χ4n) is 3.30. The van der Waals surface area contributed by atoms with Gasteiger partial charge in [0.2, 0.25) is 0 Å². The van der Waals surface area contributed by atoms with E-state index in [0.29, 0.717) is 0 Å². The molecule has 0 aliphatic carbocycles. The van der Waals surface area contributed by atoms with Crippen molar-refractivity contribution in [3.8, 4) is 0 Å². The van der Waals surface area contributed by atoms with Crippen molar-refractivity contribution >= 4 is 5.69 Å². The maximum absolute atomic E-state index is 7.00. The minimum atomic E-state index is 0.773. The molecule has 1 unspecified atom stereocenters. The summed E-state index contributed by atoms with van der Waals surface area (Å²) in [5.74, 6) is 0.773. The van der Waals surface area contributed by atoms with Gasteiger partial charge in [0.05, 0.1) is 0 Å². The third kappa shape index (κ3) is 4.45. The lowest BCUT2D eigenvalue weighted by molar-refractivity contribution is 0.399. The van der Waals surface area contributed by atoms with Crippen molar-refractivity contribution in [3.05, 3.63) is 29.3 Å². The Bertz CT molecular complexity index is 406. The lowest BCUT2D eigenvalue weighted by atomic mass is 9.84. The maximum Gasteiger partial charge on any atom is 0.0447 e. The van der Waals surface area contributed by atoms with Crippen molar-refractivity contribution in [2.45, 2.75) is 52.0 Å². The monoisotopic (exact) mass is 292 g/mol. The molecule has 3 nitrogen and oxygen atoms in total. The van der Waals surface area contributed by atoms with Crippen LogP contribution in [0.25, 0.3) is 0 Å².